The monoisotopic (exact) mass is 388 g/mol. The molecule has 5 heteroatoms. The molecule has 0 aliphatic carbocycles. The summed E-state index contributed by atoms with van der Waals surface area (Å²) in [7, 11) is -3.70. The van der Waals surface area contributed by atoms with Crippen molar-refractivity contribution in [1.82, 2.24) is 4.57 Å². The van der Waals surface area contributed by atoms with E-state index in [0.717, 1.165) is 28.2 Å². The van der Waals surface area contributed by atoms with Crippen LogP contribution in [0, 0.1) is 6.92 Å². The first-order chi connectivity index (χ1) is 13.4. The van der Waals surface area contributed by atoms with E-state index in [1.165, 1.54) is 17.7 Å². The van der Waals surface area contributed by atoms with Gasteiger partial charge in [0.2, 0.25) is 10.0 Å². The zero-order valence-corrected chi connectivity index (χ0v) is 16.2. The maximum atomic E-state index is 11.5. The van der Waals surface area contributed by atoms with Crippen molar-refractivity contribution in [2.45, 2.75) is 11.8 Å². The first-order valence-electron chi connectivity index (χ1n) is 8.91. The van der Waals surface area contributed by atoms with Gasteiger partial charge in [0.05, 0.1) is 10.6 Å². The van der Waals surface area contributed by atoms with Crippen LogP contribution in [0.5, 0.6) is 0 Å². The Kier molecular flexibility index (Phi) is 4.63. The first-order valence-corrected chi connectivity index (χ1v) is 10.5. The summed E-state index contributed by atoms with van der Waals surface area (Å²) >= 11 is 0. The van der Waals surface area contributed by atoms with Gasteiger partial charge in [0.15, 0.2) is 0 Å². The average molecular weight is 388 g/mol. The molecule has 0 saturated carbocycles. The molecule has 1 heterocycles. The summed E-state index contributed by atoms with van der Waals surface area (Å²) in [5.74, 6) is 0. The molecule has 3 aromatic carbocycles. The third-order valence-electron chi connectivity index (χ3n) is 4.79. The van der Waals surface area contributed by atoms with Crippen LogP contribution < -0.4 is 5.14 Å². The Labute approximate surface area is 164 Å². The Bertz CT molecular complexity index is 1210. The minimum Gasteiger partial charge on any atom is -0.314 e. The molecule has 140 valence electrons. The Morgan fingerprint density at radius 1 is 0.679 bits per heavy atom. The fraction of sp³-hybridized carbons (Fsp3) is 0.0435. The van der Waals surface area contributed by atoms with Crippen molar-refractivity contribution < 1.29 is 8.42 Å². The smallest absolute Gasteiger partial charge is 0.238 e. The normalized spacial score (nSPS) is 11.5. The second kappa shape index (κ2) is 7.11. The molecule has 0 bridgehead atoms. The van der Waals surface area contributed by atoms with Gasteiger partial charge in [-0.05, 0) is 60.0 Å². The number of rotatable bonds is 4. The van der Waals surface area contributed by atoms with Gasteiger partial charge in [-0.1, -0.05) is 54.6 Å². The Morgan fingerprint density at radius 2 is 1.25 bits per heavy atom. The summed E-state index contributed by atoms with van der Waals surface area (Å²) in [4.78, 5) is 0.106. The molecule has 2 N–H and O–H groups in total. The van der Waals surface area contributed by atoms with E-state index in [1.807, 2.05) is 31.2 Å². The molecule has 4 nitrogen and oxygen atoms in total. The first kappa shape index (κ1) is 18.2. The number of aryl methyl sites for hydroxylation is 1. The maximum absolute atomic E-state index is 11.5. The molecule has 4 rings (SSSR count). The average Bonchev–Trinajstić information content (AvgIpc) is 3.10. The van der Waals surface area contributed by atoms with Crippen LogP contribution in [0.1, 0.15) is 5.69 Å². The lowest BCUT2D eigenvalue weighted by molar-refractivity contribution is 0.598. The van der Waals surface area contributed by atoms with E-state index in [-0.39, 0.29) is 4.90 Å². The van der Waals surface area contributed by atoms with Crippen LogP contribution in [0.2, 0.25) is 0 Å². The highest BCUT2D eigenvalue weighted by Crippen LogP contribution is 2.29. The molecule has 0 aliphatic heterocycles. The second-order valence-corrected chi connectivity index (χ2v) is 8.24. The van der Waals surface area contributed by atoms with Gasteiger partial charge in [0, 0.05) is 11.4 Å². The molecule has 4 aromatic rings. The number of nitrogens with zero attached hydrogens (tertiary/aromatic N) is 1. The van der Waals surface area contributed by atoms with Crippen LogP contribution in [0.15, 0.2) is 95.9 Å². The maximum Gasteiger partial charge on any atom is 0.238 e. The Hall–Kier alpha value is -3.15. The van der Waals surface area contributed by atoms with Gasteiger partial charge in [-0.15, -0.1) is 0 Å². The molecule has 0 aliphatic rings. The molecule has 0 unspecified atom stereocenters. The molecule has 0 amide bonds. The number of primary sulfonamides is 1. The lowest BCUT2D eigenvalue weighted by Crippen LogP contribution is -2.12. The zero-order valence-electron chi connectivity index (χ0n) is 15.4. The van der Waals surface area contributed by atoms with Crippen molar-refractivity contribution in [3.63, 3.8) is 0 Å². The lowest BCUT2D eigenvalue weighted by atomic mass is 10.0. The molecule has 1 aromatic heterocycles. The van der Waals surface area contributed by atoms with Gasteiger partial charge >= 0.3 is 0 Å². The van der Waals surface area contributed by atoms with Crippen LogP contribution >= 0.6 is 0 Å². The summed E-state index contributed by atoms with van der Waals surface area (Å²) in [5.41, 5.74) is 6.42. The van der Waals surface area contributed by atoms with Gasteiger partial charge in [-0.25, -0.2) is 13.6 Å². The van der Waals surface area contributed by atoms with Crippen molar-refractivity contribution in [2.24, 2.45) is 5.14 Å². The Morgan fingerprint density at radius 3 is 1.86 bits per heavy atom. The largest absolute Gasteiger partial charge is 0.314 e. The zero-order chi connectivity index (χ0) is 19.7. The topological polar surface area (TPSA) is 65.1 Å². The predicted molar refractivity (Wildman–Crippen MR) is 113 cm³/mol. The number of benzene rings is 3. The van der Waals surface area contributed by atoms with Gasteiger partial charge in [0.25, 0.3) is 0 Å². The summed E-state index contributed by atoms with van der Waals surface area (Å²) in [6.07, 6.45) is 0. The SMILES string of the molecule is Cc1ccc(-c2ccc(-c3ccccc3)cc2)n1-c1ccc(S(N)(=O)=O)cc1. The molecule has 0 radical (unpaired) electrons. The van der Waals surface area contributed by atoms with Crippen LogP contribution in [0.25, 0.3) is 28.1 Å². The highest BCUT2D eigenvalue weighted by molar-refractivity contribution is 7.89. The molecule has 0 fully saturated rings. The number of nitrogens with two attached hydrogens (primary N) is 1. The van der Waals surface area contributed by atoms with Gasteiger partial charge in [-0.3, -0.25) is 0 Å². The number of hydrogen-bond donors (Lipinski definition) is 1. The van der Waals surface area contributed by atoms with Crippen molar-refractivity contribution in [1.29, 1.82) is 0 Å². The number of aromatic nitrogens is 1. The van der Waals surface area contributed by atoms with Gasteiger partial charge in [-0.2, -0.15) is 0 Å². The van der Waals surface area contributed by atoms with Crippen LogP contribution in [0.4, 0.5) is 0 Å². The highest BCUT2D eigenvalue weighted by atomic mass is 32.2. The van der Waals surface area contributed by atoms with E-state index in [2.05, 4.69) is 47.0 Å². The molecule has 0 spiro atoms. The minimum atomic E-state index is -3.70. The fourth-order valence-electron chi connectivity index (χ4n) is 3.36. The molecular formula is C23H20N2O2S. The van der Waals surface area contributed by atoms with E-state index in [9.17, 15) is 8.42 Å². The van der Waals surface area contributed by atoms with Crippen LogP contribution in [-0.4, -0.2) is 13.0 Å². The summed E-state index contributed by atoms with van der Waals surface area (Å²) < 4.78 is 25.1. The van der Waals surface area contributed by atoms with Gasteiger partial charge < -0.3 is 4.57 Å². The summed E-state index contributed by atoms with van der Waals surface area (Å²) in [5, 5.41) is 5.20. The summed E-state index contributed by atoms with van der Waals surface area (Å²) in [6.45, 7) is 2.02. The minimum absolute atomic E-state index is 0.106. The number of hydrogen-bond acceptors (Lipinski definition) is 2. The standard InChI is InChI=1S/C23H20N2O2S/c1-17-7-16-23(25(17)21-12-14-22(15-13-21)28(24,26)27)20-10-8-19(9-11-20)18-5-3-2-4-6-18/h2-16H,1H3,(H2,24,26,27). The van der Waals surface area contributed by atoms with Crippen LogP contribution in [0.3, 0.4) is 0 Å². The molecular weight excluding hydrogens is 368 g/mol. The third-order valence-corrected chi connectivity index (χ3v) is 5.72. The van der Waals surface area contributed by atoms with Crippen molar-refractivity contribution in [3.8, 4) is 28.1 Å². The van der Waals surface area contributed by atoms with Crippen molar-refractivity contribution in [2.75, 3.05) is 0 Å². The molecule has 28 heavy (non-hydrogen) atoms. The van der Waals surface area contributed by atoms with Gasteiger partial charge in [0.1, 0.15) is 0 Å². The molecule has 0 saturated heterocycles. The molecule has 0 atom stereocenters. The van der Waals surface area contributed by atoms with Crippen molar-refractivity contribution >= 4 is 10.0 Å². The number of sulfonamides is 1. The van der Waals surface area contributed by atoms with E-state index < -0.39 is 10.0 Å². The fourth-order valence-corrected chi connectivity index (χ4v) is 3.87. The third kappa shape index (κ3) is 3.50. The lowest BCUT2D eigenvalue weighted by Gasteiger charge is -2.13. The van der Waals surface area contributed by atoms with Crippen molar-refractivity contribution in [3.05, 3.63) is 96.7 Å². The van der Waals surface area contributed by atoms with E-state index in [0.29, 0.717) is 0 Å². The summed E-state index contributed by atoms with van der Waals surface area (Å²) in [6, 6.07) is 29.4. The quantitative estimate of drug-likeness (QED) is 0.547. The van der Waals surface area contributed by atoms with E-state index in [4.69, 9.17) is 5.14 Å². The highest BCUT2D eigenvalue weighted by Gasteiger charge is 2.12. The van der Waals surface area contributed by atoms with E-state index in [1.54, 1.807) is 12.1 Å². The van der Waals surface area contributed by atoms with E-state index >= 15 is 0 Å². The Balaban J connectivity index is 1.73. The predicted octanol–water partition coefficient (Wildman–Crippen LogP) is 4.77. The van der Waals surface area contributed by atoms with Crippen LogP contribution in [-0.2, 0) is 10.0 Å². The second-order valence-electron chi connectivity index (χ2n) is 6.68.